The van der Waals surface area contributed by atoms with Crippen LogP contribution >= 0.6 is 0 Å². The number of allylic oxidation sites excluding steroid dienone is 2. The smallest absolute Gasteiger partial charge is 0.162 e. The molecule has 0 atom stereocenters. The number of benzene rings is 2. The summed E-state index contributed by atoms with van der Waals surface area (Å²) in [7, 11) is 0. The number of hydrogen-bond acceptors (Lipinski definition) is 3. The first-order valence-electron chi connectivity index (χ1n) is 14.2. The number of aliphatic hydroxyl groups is 1. The molecule has 215 valence electrons. The molecule has 0 unspecified atom stereocenters. The van der Waals surface area contributed by atoms with E-state index in [0.717, 1.165) is 43.4 Å². The van der Waals surface area contributed by atoms with Crippen LogP contribution in [0.25, 0.3) is 22.0 Å². The summed E-state index contributed by atoms with van der Waals surface area (Å²) in [6, 6.07) is 14.5. The van der Waals surface area contributed by atoms with Crippen LogP contribution in [0.15, 0.2) is 48.4 Å². The van der Waals surface area contributed by atoms with Crippen molar-refractivity contribution in [1.29, 1.82) is 0 Å². The van der Waals surface area contributed by atoms with E-state index < -0.39 is 0 Å². The minimum atomic E-state index is 0. The zero-order chi connectivity index (χ0) is 26.9. The van der Waals surface area contributed by atoms with Gasteiger partial charge in [0.25, 0.3) is 0 Å². The summed E-state index contributed by atoms with van der Waals surface area (Å²) >= 11 is 0. The van der Waals surface area contributed by atoms with Gasteiger partial charge >= 0.3 is 0 Å². The number of aromatic nitrogens is 1. The molecular formula is C35H48IrNO2-. The molecule has 2 aromatic carbocycles. The second kappa shape index (κ2) is 16.7. The molecule has 4 rings (SSSR count). The van der Waals surface area contributed by atoms with Gasteiger partial charge in [-0.1, -0.05) is 67.2 Å². The summed E-state index contributed by atoms with van der Waals surface area (Å²) in [5.41, 5.74) is 7.54. The first kappa shape index (κ1) is 34.7. The maximum Gasteiger partial charge on any atom is 0.162 e. The summed E-state index contributed by atoms with van der Waals surface area (Å²) < 4.78 is 0. The van der Waals surface area contributed by atoms with Gasteiger partial charge in [0, 0.05) is 44.2 Å². The Morgan fingerprint density at radius 2 is 1.59 bits per heavy atom. The Hall–Kier alpha value is -2.29. The number of hydrogen-bond donors (Lipinski definition) is 1. The summed E-state index contributed by atoms with van der Waals surface area (Å²) in [4.78, 5) is 16.5. The van der Waals surface area contributed by atoms with Crippen LogP contribution in [0.5, 0.6) is 0 Å². The van der Waals surface area contributed by atoms with E-state index >= 15 is 0 Å². The van der Waals surface area contributed by atoms with Crippen LogP contribution in [0, 0.1) is 31.7 Å². The summed E-state index contributed by atoms with van der Waals surface area (Å²) in [6.45, 7) is 12.3. The van der Waals surface area contributed by atoms with Crippen LogP contribution in [0.3, 0.4) is 0 Å². The van der Waals surface area contributed by atoms with Gasteiger partial charge in [-0.05, 0) is 79.0 Å². The molecule has 39 heavy (non-hydrogen) atoms. The number of ketones is 1. The van der Waals surface area contributed by atoms with E-state index in [0.29, 0.717) is 0 Å². The summed E-state index contributed by atoms with van der Waals surface area (Å²) in [5, 5.41) is 12.5. The van der Waals surface area contributed by atoms with Crippen LogP contribution in [0.4, 0.5) is 0 Å². The fourth-order valence-electron chi connectivity index (χ4n) is 5.50. The Labute approximate surface area is 250 Å². The molecule has 1 aromatic heterocycles. The fourth-order valence-corrected chi connectivity index (χ4v) is 5.50. The topological polar surface area (TPSA) is 50.2 Å². The van der Waals surface area contributed by atoms with E-state index in [1.807, 2.05) is 27.7 Å². The third-order valence-electron chi connectivity index (χ3n) is 7.70. The van der Waals surface area contributed by atoms with Gasteiger partial charge in [-0.2, -0.15) is 0 Å². The molecule has 3 nitrogen and oxygen atoms in total. The van der Waals surface area contributed by atoms with E-state index in [1.54, 1.807) is 0 Å². The number of aliphatic hydroxyl groups excluding tert-OH is 1. The molecule has 1 aliphatic carbocycles. The van der Waals surface area contributed by atoms with Gasteiger partial charge in [-0.15, -0.1) is 34.9 Å². The standard InChI is InChI=1S/C21H20N.C13H24O2.CH4.Ir/c1-14-10-15(2)12-18(11-14)21-19-9-5-8-16-6-3-4-7-17(13-22-21)20(16)19;1-5-10(6-2)12(14)9-13(15)11(7-3)8-4;;/h5,8-11,13H,3-4,6-7H2,1-2H3;9-11,14H,5-8H2,1-4H3;1H4;/q-1;;;. The molecule has 0 spiro atoms. The van der Waals surface area contributed by atoms with Crippen molar-refractivity contribution in [3.05, 3.63) is 76.7 Å². The monoisotopic (exact) mass is 707 g/mol. The fraction of sp³-hybridized carbons (Fsp3) is 0.486. The number of nitrogens with zero attached hydrogens (tertiary/aromatic N) is 1. The van der Waals surface area contributed by atoms with E-state index in [9.17, 15) is 9.90 Å². The van der Waals surface area contributed by atoms with Crippen LogP contribution in [-0.4, -0.2) is 15.9 Å². The molecule has 0 aliphatic heterocycles. The van der Waals surface area contributed by atoms with Crippen molar-refractivity contribution in [2.45, 2.75) is 100 Å². The van der Waals surface area contributed by atoms with Crippen molar-refractivity contribution in [2.24, 2.45) is 11.8 Å². The number of aryl methyl sites for hydroxylation is 4. The largest absolute Gasteiger partial charge is 0.512 e. The molecule has 0 bridgehead atoms. The molecule has 3 aromatic rings. The molecule has 0 saturated carbocycles. The quantitative estimate of drug-likeness (QED) is 0.144. The molecular weight excluding hydrogens is 659 g/mol. The molecule has 0 fully saturated rings. The van der Waals surface area contributed by atoms with Crippen LogP contribution < -0.4 is 0 Å². The average molecular weight is 707 g/mol. The van der Waals surface area contributed by atoms with E-state index in [1.165, 1.54) is 58.4 Å². The zero-order valence-electron chi connectivity index (χ0n) is 24.0. The zero-order valence-corrected chi connectivity index (χ0v) is 26.4. The average Bonchev–Trinajstić information content (AvgIpc) is 3.09. The van der Waals surface area contributed by atoms with Crippen LogP contribution in [0.2, 0.25) is 0 Å². The van der Waals surface area contributed by atoms with Crippen molar-refractivity contribution in [1.82, 2.24) is 4.98 Å². The van der Waals surface area contributed by atoms with Crippen molar-refractivity contribution < 1.29 is 30.0 Å². The number of carbonyl (C=O) groups excluding carboxylic acids is 1. The van der Waals surface area contributed by atoms with Gasteiger partial charge in [-0.25, -0.2) is 0 Å². The maximum atomic E-state index is 11.7. The van der Waals surface area contributed by atoms with E-state index in [2.05, 4.69) is 56.4 Å². The first-order valence-corrected chi connectivity index (χ1v) is 14.2. The second-order valence-corrected chi connectivity index (χ2v) is 10.4. The van der Waals surface area contributed by atoms with Crippen molar-refractivity contribution in [3.8, 4) is 11.3 Å². The predicted molar refractivity (Wildman–Crippen MR) is 163 cm³/mol. The minimum absolute atomic E-state index is 0. The van der Waals surface area contributed by atoms with E-state index in [4.69, 9.17) is 4.98 Å². The Balaban J connectivity index is 0.000000401. The number of rotatable bonds is 8. The number of carbonyl (C=O) groups is 1. The Morgan fingerprint density at radius 1 is 0.974 bits per heavy atom. The SMILES string of the molecule is C.CCC(CC)C(=O)C=C(O)C(CC)CC.Cc1[c-]c(-c2ncc3c4c(cccc24)CCCC3)cc(C)c1.[Ir]. The first-order chi connectivity index (χ1) is 17.8. The van der Waals surface area contributed by atoms with Crippen molar-refractivity contribution in [3.63, 3.8) is 0 Å². The van der Waals surface area contributed by atoms with Crippen molar-refractivity contribution >= 4 is 16.6 Å². The normalized spacial score (nSPS) is 12.8. The third kappa shape index (κ3) is 8.85. The second-order valence-electron chi connectivity index (χ2n) is 10.4. The molecule has 1 heterocycles. The Kier molecular flexibility index (Phi) is 14.9. The van der Waals surface area contributed by atoms with Gasteiger partial charge < -0.3 is 10.1 Å². The maximum absolute atomic E-state index is 11.7. The molecule has 1 radical (unpaired) electrons. The summed E-state index contributed by atoms with van der Waals surface area (Å²) in [6.07, 6.45) is 11.9. The van der Waals surface area contributed by atoms with Gasteiger partial charge in [-0.3, -0.25) is 4.79 Å². The predicted octanol–water partition coefficient (Wildman–Crippen LogP) is 9.70. The van der Waals surface area contributed by atoms with Gasteiger partial charge in [0.15, 0.2) is 5.78 Å². The Morgan fingerprint density at radius 3 is 2.18 bits per heavy atom. The molecule has 4 heteroatoms. The van der Waals surface area contributed by atoms with E-state index in [-0.39, 0.29) is 50.9 Å². The minimum Gasteiger partial charge on any atom is -0.512 e. The molecule has 1 N–H and O–H groups in total. The molecule has 0 amide bonds. The third-order valence-corrected chi connectivity index (χ3v) is 7.70. The van der Waals surface area contributed by atoms with Crippen LogP contribution in [-0.2, 0) is 37.7 Å². The molecule has 1 aliphatic rings. The van der Waals surface area contributed by atoms with Gasteiger partial charge in [0.2, 0.25) is 0 Å². The van der Waals surface area contributed by atoms with Crippen LogP contribution in [0.1, 0.15) is 95.9 Å². The summed E-state index contributed by atoms with van der Waals surface area (Å²) in [5.74, 6) is 0.547. The van der Waals surface area contributed by atoms with Crippen molar-refractivity contribution in [2.75, 3.05) is 0 Å². The molecule has 0 saturated heterocycles. The Bertz CT molecular complexity index is 1210. The van der Waals surface area contributed by atoms with Gasteiger partial charge in [0.05, 0.1) is 5.76 Å². The number of pyridine rings is 1. The van der Waals surface area contributed by atoms with Gasteiger partial charge in [0.1, 0.15) is 0 Å².